The fraction of sp³-hybridized carbons (Fsp3) is 0.0952. The average molecular weight is 369 g/mol. The van der Waals surface area contributed by atoms with Crippen molar-refractivity contribution in [1.82, 2.24) is 9.97 Å². The van der Waals surface area contributed by atoms with Gasteiger partial charge in [0.15, 0.2) is 12.4 Å². The number of nitriles is 1. The van der Waals surface area contributed by atoms with Crippen molar-refractivity contribution in [3.63, 3.8) is 0 Å². The quantitative estimate of drug-likeness (QED) is 0.392. The number of hydrogen-bond acceptors (Lipinski definition) is 5. The second-order valence-electron chi connectivity index (χ2n) is 6.03. The van der Waals surface area contributed by atoms with E-state index < -0.39 is 17.9 Å². The van der Waals surface area contributed by atoms with Crippen LogP contribution in [0.25, 0.3) is 11.1 Å². The van der Waals surface area contributed by atoms with Crippen LogP contribution in [0.4, 0.5) is 0 Å². The standard InChI is InChI=1S/C21H16N6O/c22-12-18(13-23)19(17-2-1-7-26-14-17)20(21(24)28)27-10-5-16(6-11-27)15-3-8-25-9-4-15/h1-11,14,19-20,22H,(H-,24,28)/p+1. The number of pyridine rings is 3. The van der Waals surface area contributed by atoms with Crippen LogP contribution in [-0.4, -0.2) is 21.7 Å². The van der Waals surface area contributed by atoms with Gasteiger partial charge in [-0.2, -0.15) is 9.83 Å². The second-order valence-corrected chi connectivity index (χ2v) is 6.03. The molecule has 0 aliphatic heterocycles. The molecule has 0 bridgehead atoms. The van der Waals surface area contributed by atoms with E-state index in [0.29, 0.717) is 5.56 Å². The van der Waals surface area contributed by atoms with Crippen molar-refractivity contribution >= 4 is 11.8 Å². The Balaban J connectivity index is 2.07. The van der Waals surface area contributed by atoms with Gasteiger partial charge in [0, 0.05) is 36.9 Å². The van der Waals surface area contributed by atoms with Crippen molar-refractivity contribution < 1.29 is 9.36 Å². The minimum Gasteiger partial charge on any atom is -0.364 e. The number of hydrogen-bond donors (Lipinski definition) is 2. The Bertz CT molecular complexity index is 1050. The third kappa shape index (κ3) is 3.83. The molecule has 0 aliphatic carbocycles. The van der Waals surface area contributed by atoms with Crippen molar-refractivity contribution in [2.45, 2.75) is 12.0 Å². The van der Waals surface area contributed by atoms with Crippen molar-refractivity contribution in [3.05, 3.63) is 84.7 Å². The number of aromatic nitrogens is 3. The summed E-state index contributed by atoms with van der Waals surface area (Å²) in [5.41, 5.74) is 8.24. The molecule has 28 heavy (non-hydrogen) atoms. The van der Waals surface area contributed by atoms with Gasteiger partial charge in [-0.15, -0.1) is 0 Å². The Kier molecular flexibility index (Phi) is 5.66. The first kappa shape index (κ1) is 18.6. The van der Waals surface area contributed by atoms with Crippen LogP contribution in [0.15, 0.2) is 79.2 Å². The number of nitrogens with one attached hydrogen (secondary N) is 1. The van der Waals surface area contributed by atoms with Gasteiger partial charge in [-0.1, -0.05) is 6.07 Å². The largest absolute Gasteiger partial charge is 0.364 e. The van der Waals surface area contributed by atoms with Crippen molar-refractivity contribution in [3.8, 4) is 17.2 Å². The van der Waals surface area contributed by atoms with Gasteiger partial charge in [-0.3, -0.25) is 20.2 Å². The van der Waals surface area contributed by atoms with Gasteiger partial charge in [-0.25, -0.2) is 0 Å². The zero-order valence-corrected chi connectivity index (χ0v) is 14.9. The third-order valence-electron chi connectivity index (χ3n) is 4.40. The van der Waals surface area contributed by atoms with Crippen LogP contribution in [-0.2, 0) is 4.79 Å². The van der Waals surface area contributed by atoms with Crippen molar-refractivity contribution in [1.29, 1.82) is 10.7 Å². The van der Waals surface area contributed by atoms with Crippen LogP contribution in [0.5, 0.6) is 0 Å². The van der Waals surface area contributed by atoms with Crippen molar-refractivity contribution in [2.24, 2.45) is 5.73 Å². The molecular formula is C21H17N6O+. The summed E-state index contributed by atoms with van der Waals surface area (Å²) in [6, 6.07) is 12.0. The molecule has 0 aliphatic rings. The summed E-state index contributed by atoms with van der Waals surface area (Å²) in [4.78, 5) is 20.4. The monoisotopic (exact) mass is 369 g/mol. The van der Waals surface area contributed by atoms with E-state index in [9.17, 15) is 10.1 Å². The molecule has 7 nitrogen and oxygen atoms in total. The van der Waals surface area contributed by atoms with E-state index in [-0.39, 0.29) is 5.57 Å². The molecule has 3 rings (SSSR count). The fourth-order valence-electron chi connectivity index (χ4n) is 3.09. The van der Waals surface area contributed by atoms with Gasteiger partial charge in [-0.05, 0) is 40.8 Å². The Hall–Kier alpha value is -4.14. The molecule has 136 valence electrons. The summed E-state index contributed by atoms with van der Waals surface area (Å²) in [5.74, 6) is 0.743. The van der Waals surface area contributed by atoms with Gasteiger partial charge in [0.1, 0.15) is 17.6 Å². The first-order valence-corrected chi connectivity index (χ1v) is 8.46. The number of rotatable bonds is 6. The van der Waals surface area contributed by atoms with E-state index >= 15 is 0 Å². The summed E-state index contributed by atoms with van der Waals surface area (Å²) >= 11 is 0. The molecule has 1 amide bonds. The zero-order chi connectivity index (χ0) is 19.9. The van der Waals surface area contributed by atoms with E-state index in [1.54, 1.807) is 53.9 Å². The Labute approximate surface area is 161 Å². The smallest absolute Gasteiger partial charge is 0.287 e. The lowest BCUT2D eigenvalue weighted by Gasteiger charge is -2.19. The maximum Gasteiger partial charge on any atom is 0.287 e. The van der Waals surface area contributed by atoms with Gasteiger partial charge in [0.05, 0.1) is 0 Å². The van der Waals surface area contributed by atoms with Gasteiger partial charge < -0.3 is 5.73 Å². The first-order valence-electron chi connectivity index (χ1n) is 8.46. The van der Waals surface area contributed by atoms with E-state index in [1.807, 2.05) is 30.3 Å². The van der Waals surface area contributed by atoms with E-state index in [1.165, 1.54) is 0 Å². The van der Waals surface area contributed by atoms with Crippen LogP contribution in [0, 0.1) is 16.7 Å². The van der Waals surface area contributed by atoms with Crippen LogP contribution in [0.3, 0.4) is 0 Å². The Morgan fingerprint density at radius 3 is 2.29 bits per heavy atom. The predicted molar refractivity (Wildman–Crippen MR) is 102 cm³/mol. The number of primary amides is 1. The Morgan fingerprint density at radius 2 is 1.75 bits per heavy atom. The number of allylic oxidation sites excluding steroid dienone is 1. The normalized spacial score (nSPS) is 12.2. The topological polar surface area (TPSA) is 120 Å². The number of nitrogens with two attached hydrogens (primary N) is 1. The first-order chi connectivity index (χ1) is 13.7. The molecule has 3 N–H and O–H groups in total. The molecule has 3 aromatic rings. The second kappa shape index (κ2) is 8.49. The van der Waals surface area contributed by atoms with E-state index in [2.05, 4.69) is 15.8 Å². The zero-order valence-electron chi connectivity index (χ0n) is 14.9. The molecule has 3 aromatic heterocycles. The highest BCUT2D eigenvalue weighted by Gasteiger charge is 2.39. The highest BCUT2D eigenvalue weighted by molar-refractivity contribution is 5.80. The lowest BCUT2D eigenvalue weighted by Crippen LogP contribution is -2.49. The van der Waals surface area contributed by atoms with Crippen LogP contribution < -0.4 is 10.3 Å². The van der Waals surface area contributed by atoms with E-state index in [0.717, 1.165) is 11.1 Å². The van der Waals surface area contributed by atoms with Gasteiger partial charge in [0.25, 0.3) is 5.91 Å². The van der Waals surface area contributed by atoms with Crippen LogP contribution >= 0.6 is 0 Å². The molecule has 0 saturated carbocycles. The molecule has 7 heteroatoms. The maximum atomic E-state index is 12.4. The lowest BCUT2D eigenvalue weighted by atomic mass is 9.86. The van der Waals surface area contributed by atoms with Gasteiger partial charge in [0.2, 0.25) is 6.04 Å². The summed E-state index contributed by atoms with van der Waals surface area (Å²) in [7, 11) is 0. The molecule has 0 aromatic carbocycles. The van der Waals surface area contributed by atoms with Gasteiger partial charge >= 0.3 is 0 Å². The molecule has 0 saturated heterocycles. The van der Waals surface area contributed by atoms with Crippen molar-refractivity contribution in [2.75, 3.05) is 0 Å². The third-order valence-corrected chi connectivity index (χ3v) is 4.40. The SMILES string of the molecule is N#CC(=C=N)C(c1cccnc1)C(C(N)=O)[n+]1ccc(-c2ccncc2)cc1. The fourth-order valence-corrected chi connectivity index (χ4v) is 3.09. The van der Waals surface area contributed by atoms with E-state index in [4.69, 9.17) is 11.1 Å². The number of amides is 1. The molecule has 3 heterocycles. The summed E-state index contributed by atoms with van der Waals surface area (Å²) in [6.45, 7) is 0. The van der Waals surface area contributed by atoms with Crippen LogP contribution in [0.1, 0.15) is 17.5 Å². The minimum absolute atomic E-state index is 0.00232. The average Bonchev–Trinajstić information content (AvgIpc) is 2.75. The molecule has 2 atom stereocenters. The number of nitrogens with zero attached hydrogens (tertiary/aromatic N) is 4. The molecule has 2 unspecified atom stereocenters. The summed E-state index contributed by atoms with van der Waals surface area (Å²) < 4.78 is 1.64. The maximum absolute atomic E-state index is 12.4. The predicted octanol–water partition coefficient (Wildman–Crippen LogP) is 1.94. The summed E-state index contributed by atoms with van der Waals surface area (Å²) in [6.07, 6.45) is 10.0. The summed E-state index contributed by atoms with van der Waals surface area (Å²) in [5, 5.41) is 17.0. The minimum atomic E-state index is -0.914. The Morgan fingerprint density at radius 1 is 1.07 bits per heavy atom. The highest BCUT2D eigenvalue weighted by Crippen LogP contribution is 2.31. The van der Waals surface area contributed by atoms with Crippen LogP contribution in [0.2, 0.25) is 0 Å². The molecule has 0 spiro atoms. The molecular weight excluding hydrogens is 352 g/mol. The molecule has 0 radical (unpaired) electrons. The number of carbonyl (C=O) groups is 1. The molecule has 0 fully saturated rings. The number of carbonyl (C=O) groups excluding carboxylic acids is 1. The highest BCUT2D eigenvalue weighted by atomic mass is 16.1. The lowest BCUT2D eigenvalue weighted by molar-refractivity contribution is -0.711.